The number of nitrogens with zero attached hydrogens (tertiary/aromatic N) is 3. The molecule has 0 radical (unpaired) electrons. The maximum Gasteiger partial charge on any atom is 0.123 e. The molecule has 0 spiro atoms. The number of methoxy groups -OCH3 is 1. The van der Waals surface area contributed by atoms with Gasteiger partial charge < -0.3 is 9.72 Å². The van der Waals surface area contributed by atoms with E-state index in [1.807, 2.05) is 12.1 Å². The Morgan fingerprint density at radius 3 is 2.86 bits per heavy atom. The van der Waals surface area contributed by atoms with E-state index in [0.717, 1.165) is 43.3 Å². The van der Waals surface area contributed by atoms with Crippen molar-refractivity contribution < 1.29 is 4.74 Å². The zero-order valence-corrected chi connectivity index (χ0v) is 13.5. The lowest BCUT2D eigenvalue weighted by Gasteiger charge is -2.40. The lowest BCUT2D eigenvalue weighted by molar-refractivity contribution is 0.0881. The summed E-state index contributed by atoms with van der Waals surface area (Å²) in [5, 5.41) is 0. The van der Waals surface area contributed by atoms with Gasteiger partial charge in [-0.25, -0.2) is 4.98 Å². The van der Waals surface area contributed by atoms with Crippen LogP contribution in [0.4, 0.5) is 0 Å². The van der Waals surface area contributed by atoms with E-state index in [2.05, 4.69) is 45.9 Å². The Morgan fingerprint density at radius 2 is 2.14 bits per heavy atom. The summed E-state index contributed by atoms with van der Waals surface area (Å²) in [4.78, 5) is 12.5. The van der Waals surface area contributed by atoms with E-state index in [1.165, 1.54) is 5.56 Å². The maximum absolute atomic E-state index is 5.54. The molecule has 1 aliphatic heterocycles. The molecule has 1 atom stereocenters. The van der Waals surface area contributed by atoms with Crippen molar-refractivity contribution in [3.63, 3.8) is 0 Å². The van der Waals surface area contributed by atoms with Gasteiger partial charge in [0, 0.05) is 37.4 Å². The molecule has 1 aliphatic rings. The first-order chi connectivity index (χ1) is 10.7. The number of hydrogen-bond donors (Lipinski definition) is 1. The minimum absolute atomic E-state index is 0.351. The molecule has 118 valence electrons. The van der Waals surface area contributed by atoms with Crippen LogP contribution < -0.4 is 4.74 Å². The summed E-state index contributed by atoms with van der Waals surface area (Å²) < 4.78 is 5.54. The van der Waals surface area contributed by atoms with Gasteiger partial charge in [0.05, 0.1) is 25.2 Å². The number of para-hydroxylation sites is 1. The average molecular weight is 300 g/mol. The van der Waals surface area contributed by atoms with Crippen molar-refractivity contribution in [2.45, 2.75) is 19.5 Å². The van der Waals surface area contributed by atoms with Crippen LogP contribution in [0, 0.1) is 6.92 Å². The molecule has 1 aromatic carbocycles. The van der Waals surface area contributed by atoms with Gasteiger partial charge in [0.2, 0.25) is 0 Å². The van der Waals surface area contributed by atoms with Crippen LogP contribution in [0.3, 0.4) is 0 Å². The fourth-order valence-corrected chi connectivity index (χ4v) is 3.11. The lowest BCUT2D eigenvalue weighted by atomic mass is 10.0. The van der Waals surface area contributed by atoms with Crippen molar-refractivity contribution in [1.29, 1.82) is 0 Å². The third-order valence-corrected chi connectivity index (χ3v) is 4.54. The molecule has 5 nitrogen and oxygen atoms in total. The normalized spacial score (nSPS) is 20.2. The largest absolute Gasteiger partial charge is 0.496 e. The predicted molar refractivity (Wildman–Crippen MR) is 87.0 cm³/mol. The quantitative estimate of drug-likeness (QED) is 0.940. The van der Waals surface area contributed by atoms with Gasteiger partial charge in [-0.1, -0.05) is 18.2 Å². The monoisotopic (exact) mass is 300 g/mol. The number of likely N-dealkylation sites (N-methyl/N-ethyl adjacent to an activating group) is 1. The SMILES string of the molecule is COc1ccccc1C1CN(Cc2nc[nH]c2C)CCN1C. The van der Waals surface area contributed by atoms with Crippen molar-refractivity contribution in [1.82, 2.24) is 19.8 Å². The fourth-order valence-electron chi connectivity index (χ4n) is 3.11. The van der Waals surface area contributed by atoms with Gasteiger partial charge in [-0.3, -0.25) is 9.80 Å². The zero-order chi connectivity index (χ0) is 15.5. The van der Waals surface area contributed by atoms with Gasteiger partial charge in [0.15, 0.2) is 0 Å². The van der Waals surface area contributed by atoms with Crippen LogP contribution in [0.15, 0.2) is 30.6 Å². The van der Waals surface area contributed by atoms with Crippen molar-refractivity contribution in [2.75, 3.05) is 33.8 Å². The summed E-state index contributed by atoms with van der Waals surface area (Å²) in [6, 6.07) is 8.67. The summed E-state index contributed by atoms with van der Waals surface area (Å²) in [5.41, 5.74) is 3.56. The molecule has 0 bridgehead atoms. The third-order valence-electron chi connectivity index (χ3n) is 4.54. The second kappa shape index (κ2) is 6.50. The number of aromatic amines is 1. The molecule has 0 saturated carbocycles. The van der Waals surface area contributed by atoms with Gasteiger partial charge in [0.1, 0.15) is 5.75 Å². The summed E-state index contributed by atoms with van der Waals surface area (Å²) >= 11 is 0. The molecule has 3 rings (SSSR count). The number of piperazine rings is 1. The molecule has 2 heterocycles. The highest BCUT2D eigenvalue weighted by molar-refractivity contribution is 5.36. The highest BCUT2D eigenvalue weighted by atomic mass is 16.5. The molecular weight excluding hydrogens is 276 g/mol. The fraction of sp³-hybridized carbons (Fsp3) is 0.471. The Labute approximate surface area is 131 Å². The lowest BCUT2D eigenvalue weighted by Crippen LogP contribution is -2.46. The highest BCUT2D eigenvalue weighted by Crippen LogP contribution is 2.31. The molecular formula is C17H24N4O. The number of imidazole rings is 1. The van der Waals surface area contributed by atoms with Crippen molar-refractivity contribution in [3.05, 3.63) is 47.5 Å². The topological polar surface area (TPSA) is 44.4 Å². The predicted octanol–water partition coefficient (Wildman–Crippen LogP) is 2.22. The van der Waals surface area contributed by atoms with Crippen LogP contribution in [0.2, 0.25) is 0 Å². The van der Waals surface area contributed by atoms with Crippen molar-refractivity contribution >= 4 is 0 Å². The van der Waals surface area contributed by atoms with Crippen LogP contribution in [0.25, 0.3) is 0 Å². The molecule has 5 heteroatoms. The van der Waals surface area contributed by atoms with Crippen molar-refractivity contribution in [3.8, 4) is 5.75 Å². The molecule has 2 aromatic rings. The minimum Gasteiger partial charge on any atom is -0.496 e. The van der Waals surface area contributed by atoms with E-state index >= 15 is 0 Å². The number of aromatic nitrogens is 2. The number of hydrogen-bond acceptors (Lipinski definition) is 4. The standard InChI is InChI=1S/C17H24N4O/c1-13-15(19-12-18-13)10-21-9-8-20(2)16(11-21)14-6-4-5-7-17(14)22-3/h4-7,12,16H,8-11H2,1-3H3,(H,18,19). The van der Waals surface area contributed by atoms with E-state index in [4.69, 9.17) is 4.74 Å². The first-order valence-electron chi connectivity index (χ1n) is 7.73. The highest BCUT2D eigenvalue weighted by Gasteiger charge is 2.28. The van der Waals surface area contributed by atoms with Crippen LogP contribution in [0.5, 0.6) is 5.75 Å². The van der Waals surface area contributed by atoms with Crippen LogP contribution >= 0.6 is 0 Å². The molecule has 0 amide bonds. The number of H-pyrrole nitrogens is 1. The Morgan fingerprint density at radius 1 is 1.32 bits per heavy atom. The summed E-state index contributed by atoms with van der Waals surface area (Å²) in [7, 11) is 3.93. The molecule has 1 unspecified atom stereocenters. The summed E-state index contributed by atoms with van der Waals surface area (Å²) in [6.45, 7) is 6.08. The Hall–Kier alpha value is -1.85. The van der Waals surface area contributed by atoms with E-state index in [1.54, 1.807) is 13.4 Å². The summed E-state index contributed by atoms with van der Waals surface area (Å²) in [5.74, 6) is 0.970. The van der Waals surface area contributed by atoms with Gasteiger partial charge in [-0.05, 0) is 20.0 Å². The Bertz CT molecular complexity index is 625. The van der Waals surface area contributed by atoms with E-state index < -0.39 is 0 Å². The third kappa shape index (κ3) is 3.00. The van der Waals surface area contributed by atoms with Gasteiger partial charge in [-0.15, -0.1) is 0 Å². The summed E-state index contributed by atoms with van der Waals surface area (Å²) in [6.07, 6.45) is 1.78. The van der Waals surface area contributed by atoms with Gasteiger partial charge in [0.25, 0.3) is 0 Å². The van der Waals surface area contributed by atoms with Gasteiger partial charge >= 0.3 is 0 Å². The van der Waals surface area contributed by atoms with Gasteiger partial charge in [-0.2, -0.15) is 0 Å². The zero-order valence-electron chi connectivity index (χ0n) is 13.5. The minimum atomic E-state index is 0.351. The van der Waals surface area contributed by atoms with Crippen molar-refractivity contribution in [2.24, 2.45) is 0 Å². The second-order valence-corrected chi connectivity index (χ2v) is 5.95. The van der Waals surface area contributed by atoms with Crippen LogP contribution in [-0.4, -0.2) is 53.6 Å². The van der Waals surface area contributed by atoms with E-state index in [9.17, 15) is 0 Å². The Kier molecular flexibility index (Phi) is 4.45. The van der Waals surface area contributed by atoms with E-state index in [0.29, 0.717) is 6.04 Å². The van der Waals surface area contributed by atoms with Crippen LogP contribution in [0.1, 0.15) is 23.0 Å². The smallest absolute Gasteiger partial charge is 0.123 e. The number of aryl methyl sites for hydroxylation is 1. The molecule has 1 N–H and O–H groups in total. The first kappa shape index (κ1) is 15.1. The number of nitrogens with one attached hydrogen (secondary N) is 1. The van der Waals surface area contributed by atoms with E-state index in [-0.39, 0.29) is 0 Å². The average Bonchev–Trinajstić information content (AvgIpc) is 2.94. The number of rotatable bonds is 4. The molecule has 1 aromatic heterocycles. The number of ether oxygens (including phenoxy) is 1. The second-order valence-electron chi connectivity index (χ2n) is 5.95. The number of benzene rings is 1. The molecule has 1 fully saturated rings. The first-order valence-corrected chi connectivity index (χ1v) is 7.73. The van der Waals surface area contributed by atoms with Crippen LogP contribution in [-0.2, 0) is 6.54 Å². The maximum atomic E-state index is 5.54. The molecule has 1 saturated heterocycles. The molecule has 0 aliphatic carbocycles. The molecule has 22 heavy (non-hydrogen) atoms. The Balaban J connectivity index is 1.77.